The number of nitrogens with two attached hydrogens (primary N) is 1. The Bertz CT molecular complexity index is 434. The van der Waals surface area contributed by atoms with Crippen molar-refractivity contribution in [1.29, 1.82) is 0 Å². The van der Waals surface area contributed by atoms with Gasteiger partial charge in [-0.25, -0.2) is 0 Å². The Balaban J connectivity index is 2.48. The second kappa shape index (κ2) is 7.23. The van der Waals surface area contributed by atoms with Crippen molar-refractivity contribution in [2.24, 2.45) is 5.73 Å². The number of hydrogen-bond donors (Lipinski definition) is 4. The van der Waals surface area contributed by atoms with E-state index in [4.69, 9.17) is 20.7 Å². The molecule has 0 saturated carbocycles. The van der Waals surface area contributed by atoms with Crippen molar-refractivity contribution in [3.8, 4) is 5.75 Å². The van der Waals surface area contributed by atoms with Gasteiger partial charge in [-0.15, -0.1) is 0 Å². The molecule has 0 amide bonds. The molecule has 0 heterocycles. The summed E-state index contributed by atoms with van der Waals surface area (Å²) in [7, 11) is 1.59. The number of carboxylic acids is 1. The summed E-state index contributed by atoms with van der Waals surface area (Å²) < 4.78 is 5.05. The average molecular weight is 283 g/mol. The van der Waals surface area contributed by atoms with Crippen molar-refractivity contribution in [3.63, 3.8) is 0 Å². The zero-order valence-corrected chi connectivity index (χ0v) is 11.5. The van der Waals surface area contributed by atoms with E-state index in [0.29, 0.717) is 12.8 Å². The molecule has 1 aromatic carbocycles. The van der Waals surface area contributed by atoms with Gasteiger partial charge >= 0.3 is 5.97 Å². The number of hydrogen-bond acceptors (Lipinski definition) is 5. The van der Waals surface area contributed by atoms with Gasteiger partial charge in [-0.3, -0.25) is 4.79 Å². The van der Waals surface area contributed by atoms with Crippen LogP contribution in [0.5, 0.6) is 5.75 Å². The number of aliphatic hydroxyl groups is 2. The SMILES string of the molecule is COc1ccc(CCCC(O)C(N)(CO)C(=O)O)cc1. The van der Waals surface area contributed by atoms with Gasteiger partial charge in [0.2, 0.25) is 0 Å². The number of methoxy groups -OCH3 is 1. The number of carbonyl (C=O) groups is 1. The number of aryl methyl sites for hydroxylation is 1. The van der Waals surface area contributed by atoms with Crippen LogP contribution in [0.3, 0.4) is 0 Å². The van der Waals surface area contributed by atoms with E-state index in [1.165, 1.54) is 0 Å². The summed E-state index contributed by atoms with van der Waals surface area (Å²) in [6.45, 7) is -0.800. The van der Waals surface area contributed by atoms with E-state index in [1.54, 1.807) is 7.11 Å². The monoisotopic (exact) mass is 283 g/mol. The second-order valence-corrected chi connectivity index (χ2v) is 4.76. The Hall–Kier alpha value is -1.63. The van der Waals surface area contributed by atoms with E-state index in [9.17, 15) is 9.90 Å². The van der Waals surface area contributed by atoms with Crippen molar-refractivity contribution in [2.75, 3.05) is 13.7 Å². The Morgan fingerprint density at radius 1 is 1.40 bits per heavy atom. The van der Waals surface area contributed by atoms with Crippen molar-refractivity contribution >= 4 is 5.97 Å². The van der Waals surface area contributed by atoms with Gasteiger partial charge in [-0.05, 0) is 37.0 Å². The topological polar surface area (TPSA) is 113 Å². The molecule has 0 aliphatic heterocycles. The highest BCUT2D eigenvalue weighted by molar-refractivity contribution is 5.79. The molecule has 0 aliphatic carbocycles. The number of benzene rings is 1. The molecule has 2 atom stereocenters. The van der Waals surface area contributed by atoms with E-state index in [0.717, 1.165) is 11.3 Å². The molecule has 0 fully saturated rings. The van der Waals surface area contributed by atoms with Crippen LogP contribution in [-0.2, 0) is 11.2 Å². The van der Waals surface area contributed by atoms with E-state index in [1.807, 2.05) is 24.3 Å². The molecule has 112 valence electrons. The molecule has 20 heavy (non-hydrogen) atoms. The highest BCUT2D eigenvalue weighted by Crippen LogP contribution is 2.17. The van der Waals surface area contributed by atoms with E-state index in [-0.39, 0.29) is 6.42 Å². The second-order valence-electron chi connectivity index (χ2n) is 4.76. The third kappa shape index (κ3) is 3.93. The fourth-order valence-corrected chi connectivity index (χ4v) is 1.86. The van der Waals surface area contributed by atoms with Crippen molar-refractivity contribution in [1.82, 2.24) is 0 Å². The lowest BCUT2D eigenvalue weighted by molar-refractivity contribution is -0.150. The minimum atomic E-state index is -2.00. The molecule has 0 spiro atoms. The molecule has 0 aliphatic rings. The highest BCUT2D eigenvalue weighted by atomic mass is 16.5. The summed E-state index contributed by atoms with van der Waals surface area (Å²) in [6, 6.07) is 7.49. The van der Waals surface area contributed by atoms with Gasteiger partial charge in [-0.1, -0.05) is 12.1 Å². The summed E-state index contributed by atoms with van der Waals surface area (Å²) in [5, 5.41) is 27.8. The summed E-state index contributed by atoms with van der Waals surface area (Å²) in [4.78, 5) is 10.9. The van der Waals surface area contributed by atoms with Gasteiger partial charge in [0.1, 0.15) is 5.75 Å². The highest BCUT2D eigenvalue weighted by Gasteiger charge is 2.40. The number of ether oxygens (including phenoxy) is 1. The molecule has 5 N–H and O–H groups in total. The van der Waals surface area contributed by atoms with Crippen LogP contribution >= 0.6 is 0 Å². The molecular formula is C14H21NO5. The van der Waals surface area contributed by atoms with Crippen LogP contribution in [0.25, 0.3) is 0 Å². The third-order valence-electron chi connectivity index (χ3n) is 3.36. The van der Waals surface area contributed by atoms with Crippen molar-refractivity contribution in [3.05, 3.63) is 29.8 Å². The lowest BCUT2D eigenvalue weighted by atomic mass is 9.90. The maximum atomic E-state index is 10.9. The van der Waals surface area contributed by atoms with Crippen molar-refractivity contribution < 1.29 is 24.9 Å². The first-order valence-corrected chi connectivity index (χ1v) is 6.38. The van der Waals surface area contributed by atoms with Gasteiger partial charge < -0.3 is 25.8 Å². The molecule has 1 rings (SSSR count). The van der Waals surface area contributed by atoms with E-state index < -0.39 is 24.2 Å². The Morgan fingerprint density at radius 2 is 2.00 bits per heavy atom. The zero-order chi connectivity index (χ0) is 15.2. The van der Waals surface area contributed by atoms with Crippen LogP contribution in [0, 0.1) is 0 Å². The normalized spacial score (nSPS) is 15.4. The molecule has 0 aromatic heterocycles. The minimum absolute atomic E-state index is 0.204. The summed E-state index contributed by atoms with van der Waals surface area (Å²) in [6.07, 6.45) is 0.167. The first-order valence-electron chi connectivity index (χ1n) is 6.38. The Kier molecular flexibility index (Phi) is 5.94. The van der Waals surface area contributed by atoms with Crippen molar-refractivity contribution in [2.45, 2.75) is 30.9 Å². The lowest BCUT2D eigenvalue weighted by Crippen LogP contribution is -2.60. The molecule has 0 saturated heterocycles. The first kappa shape index (κ1) is 16.4. The molecule has 6 nitrogen and oxygen atoms in total. The maximum absolute atomic E-state index is 10.9. The number of carboxylic acid groups (broad SMARTS) is 1. The van der Waals surface area contributed by atoms with Gasteiger partial charge in [0.25, 0.3) is 0 Å². The maximum Gasteiger partial charge on any atom is 0.328 e. The lowest BCUT2D eigenvalue weighted by Gasteiger charge is -2.27. The minimum Gasteiger partial charge on any atom is -0.497 e. The van der Waals surface area contributed by atoms with Crippen LogP contribution in [0.15, 0.2) is 24.3 Å². The Morgan fingerprint density at radius 3 is 2.45 bits per heavy atom. The predicted octanol–water partition coefficient (Wildman–Crippen LogP) is 0.153. The standard InChI is InChI=1S/C14H21NO5/c1-20-11-7-5-10(6-8-11)3-2-4-12(17)14(15,9-16)13(18)19/h5-8,12,16-17H,2-4,9,15H2,1H3,(H,18,19). The van der Waals surface area contributed by atoms with Crippen LogP contribution in [0.4, 0.5) is 0 Å². The molecule has 0 radical (unpaired) electrons. The van der Waals surface area contributed by atoms with Gasteiger partial charge in [0.05, 0.1) is 19.8 Å². The summed E-state index contributed by atoms with van der Waals surface area (Å²) in [5.41, 5.74) is 4.54. The number of aliphatic hydroxyl groups excluding tert-OH is 2. The van der Waals surface area contributed by atoms with Crippen LogP contribution in [0.1, 0.15) is 18.4 Å². The number of aliphatic carboxylic acids is 1. The summed E-state index contributed by atoms with van der Waals surface area (Å²) >= 11 is 0. The zero-order valence-electron chi connectivity index (χ0n) is 11.5. The van der Waals surface area contributed by atoms with Crippen LogP contribution in [-0.4, -0.2) is 46.6 Å². The van der Waals surface area contributed by atoms with Crippen LogP contribution < -0.4 is 10.5 Å². The van der Waals surface area contributed by atoms with Crippen LogP contribution in [0.2, 0.25) is 0 Å². The molecule has 2 unspecified atom stereocenters. The number of rotatable bonds is 8. The average Bonchev–Trinajstić information content (AvgIpc) is 2.46. The molecule has 1 aromatic rings. The van der Waals surface area contributed by atoms with E-state index in [2.05, 4.69) is 0 Å². The molecule has 0 bridgehead atoms. The van der Waals surface area contributed by atoms with E-state index >= 15 is 0 Å². The Labute approximate surface area is 117 Å². The fourth-order valence-electron chi connectivity index (χ4n) is 1.86. The predicted molar refractivity (Wildman–Crippen MR) is 73.6 cm³/mol. The quantitative estimate of drug-likeness (QED) is 0.540. The largest absolute Gasteiger partial charge is 0.497 e. The smallest absolute Gasteiger partial charge is 0.328 e. The summed E-state index contributed by atoms with van der Waals surface area (Å²) in [5.74, 6) is -0.641. The third-order valence-corrected chi connectivity index (χ3v) is 3.36. The first-order chi connectivity index (χ1) is 9.43. The van der Waals surface area contributed by atoms with Gasteiger partial charge in [-0.2, -0.15) is 0 Å². The molecule has 6 heteroatoms. The van der Waals surface area contributed by atoms with Gasteiger partial charge in [0, 0.05) is 0 Å². The fraction of sp³-hybridized carbons (Fsp3) is 0.500. The molecular weight excluding hydrogens is 262 g/mol. The van der Waals surface area contributed by atoms with Gasteiger partial charge in [0.15, 0.2) is 5.54 Å².